The summed E-state index contributed by atoms with van der Waals surface area (Å²) in [6.45, 7) is -0.650. The predicted molar refractivity (Wildman–Crippen MR) is 124 cm³/mol. The van der Waals surface area contributed by atoms with E-state index in [1.165, 1.54) is 43.4 Å². The van der Waals surface area contributed by atoms with Gasteiger partial charge < -0.3 is 15.6 Å². The van der Waals surface area contributed by atoms with Crippen LogP contribution in [0.4, 0.5) is 10.1 Å². The number of nitrogens with zero attached hydrogens (tertiary/aromatic N) is 1. The van der Waals surface area contributed by atoms with E-state index in [9.17, 15) is 17.6 Å². The van der Waals surface area contributed by atoms with Gasteiger partial charge in [0.2, 0.25) is 10.0 Å². The fraction of sp³-hybridized carbons (Fsp3) is 0.136. The number of carbonyl (C=O) groups is 1. The lowest BCUT2D eigenvalue weighted by atomic mass is 10.0. The molecule has 0 aliphatic heterocycles. The molecule has 174 valence electrons. The molecule has 0 saturated carbocycles. The number of carboxylic acid groups (broad SMARTS) is 1. The van der Waals surface area contributed by atoms with Crippen molar-refractivity contribution in [1.82, 2.24) is 4.31 Å². The van der Waals surface area contributed by atoms with Crippen molar-refractivity contribution in [2.45, 2.75) is 11.4 Å². The Morgan fingerprint density at radius 1 is 1.09 bits per heavy atom. The molecular formula is C22H19Cl2FN2O5S. The molecule has 0 saturated heterocycles. The van der Waals surface area contributed by atoms with Crippen LogP contribution < -0.4 is 10.5 Å². The maximum absolute atomic E-state index is 14.0. The van der Waals surface area contributed by atoms with Gasteiger partial charge in [0.15, 0.2) is 6.61 Å². The molecule has 11 heteroatoms. The predicted octanol–water partition coefficient (Wildman–Crippen LogP) is 4.67. The summed E-state index contributed by atoms with van der Waals surface area (Å²) >= 11 is 11.8. The molecule has 0 spiro atoms. The molecule has 33 heavy (non-hydrogen) atoms. The summed E-state index contributed by atoms with van der Waals surface area (Å²) in [5.41, 5.74) is 7.17. The topological polar surface area (TPSA) is 110 Å². The number of nitrogen functional groups attached to an aromatic ring is 1. The first-order valence-corrected chi connectivity index (χ1v) is 11.6. The molecule has 0 fully saturated rings. The van der Waals surface area contributed by atoms with Gasteiger partial charge in [-0.15, -0.1) is 0 Å². The Hall–Kier alpha value is -2.85. The first-order valence-electron chi connectivity index (χ1n) is 9.42. The Bertz CT molecular complexity index is 1300. The van der Waals surface area contributed by atoms with E-state index in [1.54, 1.807) is 12.1 Å². The van der Waals surface area contributed by atoms with E-state index < -0.39 is 28.4 Å². The molecule has 3 rings (SSSR count). The molecule has 0 aliphatic rings. The van der Waals surface area contributed by atoms with E-state index in [2.05, 4.69) is 0 Å². The quantitative estimate of drug-likeness (QED) is 0.424. The number of hydrogen-bond acceptors (Lipinski definition) is 5. The third-order valence-electron chi connectivity index (χ3n) is 4.63. The van der Waals surface area contributed by atoms with Crippen molar-refractivity contribution in [1.29, 1.82) is 0 Å². The van der Waals surface area contributed by atoms with Crippen LogP contribution in [0.15, 0.2) is 59.5 Å². The second kappa shape index (κ2) is 9.96. The van der Waals surface area contributed by atoms with Crippen molar-refractivity contribution in [3.05, 3.63) is 76.0 Å². The number of carboxylic acids is 1. The molecule has 3 aromatic rings. The second-order valence-electron chi connectivity index (χ2n) is 7.12. The number of aliphatic carboxylic acids is 1. The van der Waals surface area contributed by atoms with E-state index in [4.69, 9.17) is 38.8 Å². The van der Waals surface area contributed by atoms with E-state index >= 15 is 0 Å². The molecule has 0 atom stereocenters. The molecule has 0 amide bonds. The molecule has 0 radical (unpaired) electrons. The highest BCUT2D eigenvalue weighted by molar-refractivity contribution is 7.89. The SMILES string of the molecule is CN(Cc1ccc(OCC(=O)O)c(-c2cc(N)cc(F)c2)c1)S(=O)(=O)c1ccc(Cl)c(Cl)c1. The Morgan fingerprint density at radius 3 is 2.45 bits per heavy atom. The number of benzene rings is 3. The molecule has 3 N–H and O–H groups in total. The zero-order valence-corrected chi connectivity index (χ0v) is 19.6. The van der Waals surface area contributed by atoms with Gasteiger partial charge in [0, 0.05) is 24.8 Å². The minimum absolute atomic E-state index is 0.0288. The number of rotatable bonds is 8. The van der Waals surface area contributed by atoms with Crippen LogP contribution in [0.25, 0.3) is 11.1 Å². The minimum atomic E-state index is -3.90. The Labute approximate surface area is 200 Å². The highest BCUT2D eigenvalue weighted by Gasteiger charge is 2.22. The third kappa shape index (κ3) is 5.94. The van der Waals surface area contributed by atoms with Crippen molar-refractivity contribution < 1.29 is 27.4 Å². The molecule has 0 unspecified atom stereocenters. The van der Waals surface area contributed by atoms with E-state index in [1.807, 2.05) is 0 Å². The standard InChI is InChI=1S/C22H19Cl2FN2O5S/c1-27(33(30,31)17-3-4-19(23)20(24)10-17)11-13-2-5-21(32-12-22(28)29)18(6-13)14-7-15(25)9-16(26)8-14/h2-10H,11-12,26H2,1H3,(H,28,29). The van der Waals surface area contributed by atoms with Gasteiger partial charge in [-0.25, -0.2) is 17.6 Å². The average Bonchev–Trinajstić information content (AvgIpc) is 2.73. The fourth-order valence-electron chi connectivity index (χ4n) is 3.09. The summed E-state index contributed by atoms with van der Waals surface area (Å²) < 4.78 is 46.3. The fourth-order valence-corrected chi connectivity index (χ4v) is 4.64. The van der Waals surface area contributed by atoms with Gasteiger partial charge in [0.25, 0.3) is 0 Å². The molecule has 3 aromatic carbocycles. The lowest BCUT2D eigenvalue weighted by molar-refractivity contribution is -0.139. The van der Waals surface area contributed by atoms with Crippen LogP contribution in [0.3, 0.4) is 0 Å². The van der Waals surface area contributed by atoms with Gasteiger partial charge in [-0.1, -0.05) is 29.3 Å². The monoisotopic (exact) mass is 512 g/mol. The number of halogens is 3. The molecule has 0 aromatic heterocycles. The summed E-state index contributed by atoms with van der Waals surface area (Å²) in [5.74, 6) is -1.59. The van der Waals surface area contributed by atoms with Gasteiger partial charge in [-0.3, -0.25) is 0 Å². The maximum Gasteiger partial charge on any atom is 0.341 e. The van der Waals surface area contributed by atoms with Crippen LogP contribution in [0.5, 0.6) is 5.75 Å². The van der Waals surface area contributed by atoms with E-state index in [-0.39, 0.29) is 32.9 Å². The van der Waals surface area contributed by atoms with Crippen LogP contribution in [0, 0.1) is 5.82 Å². The smallest absolute Gasteiger partial charge is 0.341 e. The Kier molecular flexibility index (Phi) is 7.48. The van der Waals surface area contributed by atoms with Gasteiger partial charge >= 0.3 is 5.97 Å². The minimum Gasteiger partial charge on any atom is -0.481 e. The third-order valence-corrected chi connectivity index (χ3v) is 7.17. The summed E-state index contributed by atoms with van der Waals surface area (Å²) in [5, 5.41) is 9.28. The van der Waals surface area contributed by atoms with Crippen molar-refractivity contribution >= 4 is 44.9 Å². The van der Waals surface area contributed by atoms with E-state index in [0.717, 1.165) is 10.4 Å². The summed E-state index contributed by atoms with van der Waals surface area (Å²) in [6.07, 6.45) is 0. The van der Waals surface area contributed by atoms with Crippen LogP contribution in [-0.2, 0) is 21.4 Å². The highest BCUT2D eigenvalue weighted by Crippen LogP contribution is 2.34. The second-order valence-corrected chi connectivity index (χ2v) is 9.98. The van der Waals surface area contributed by atoms with Gasteiger partial charge in [-0.05, 0) is 59.7 Å². The largest absolute Gasteiger partial charge is 0.481 e. The lowest BCUT2D eigenvalue weighted by Gasteiger charge is -2.19. The molecule has 0 aliphatic carbocycles. The van der Waals surface area contributed by atoms with Crippen molar-refractivity contribution in [3.8, 4) is 16.9 Å². The Balaban J connectivity index is 1.97. The lowest BCUT2D eigenvalue weighted by Crippen LogP contribution is -2.26. The van der Waals surface area contributed by atoms with E-state index in [0.29, 0.717) is 16.7 Å². The number of anilines is 1. The molecule has 0 heterocycles. The van der Waals surface area contributed by atoms with Crippen molar-refractivity contribution in [3.63, 3.8) is 0 Å². The highest BCUT2D eigenvalue weighted by atomic mass is 35.5. The van der Waals surface area contributed by atoms with Gasteiger partial charge in [-0.2, -0.15) is 4.31 Å². The van der Waals surface area contributed by atoms with Crippen LogP contribution in [-0.4, -0.2) is 37.5 Å². The van der Waals surface area contributed by atoms with Crippen LogP contribution in [0.1, 0.15) is 5.56 Å². The van der Waals surface area contributed by atoms with Gasteiger partial charge in [0.1, 0.15) is 11.6 Å². The molecule has 7 nitrogen and oxygen atoms in total. The summed E-state index contributed by atoms with van der Waals surface area (Å²) in [7, 11) is -2.50. The number of hydrogen-bond donors (Lipinski definition) is 2. The Morgan fingerprint density at radius 2 is 1.82 bits per heavy atom. The molecule has 0 bridgehead atoms. The molecular weight excluding hydrogens is 494 g/mol. The maximum atomic E-state index is 14.0. The zero-order chi connectivity index (χ0) is 24.3. The normalized spacial score (nSPS) is 11.5. The summed E-state index contributed by atoms with van der Waals surface area (Å²) in [6, 6.07) is 12.5. The first kappa shape index (κ1) is 24.8. The first-order chi connectivity index (χ1) is 15.5. The van der Waals surface area contributed by atoms with Crippen molar-refractivity contribution in [2.75, 3.05) is 19.4 Å². The van der Waals surface area contributed by atoms with Crippen LogP contribution in [0.2, 0.25) is 10.0 Å². The number of nitrogens with two attached hydrogens (primary N) is 1. The van der Waals surface area contributed by atoms with Gasteiger partial charge in [0.05, 0.1) is 14.9 Å². The number of sulfonamides is 1. The zero-order valence-electron chi connectivity index (χ0n) is 17.3. The number of ether oxygens (including phenoxy) is 1. The summed E-state index contributed by atoms with van der Waals surface area (Å²) in [4.78, 5) is 10.9. The average molecular weight is 513 g/mol. The van der Waals surface area contributed by atoms with Crippen LogP contribution >= 0.6 is 23.2 Å². The van der Waals surface area contributed by atoms with Crippen molar-refractivity contribution in [2.24, 2.45) is 0 Å².